The molecule has 19 heavy (non-hydrogen) atoms. The number of hydrogen-bond acceptors (Lipinski definition) is 2. The van der Waals surface area contributed by atoms with Gasteiger partial charge in [0.1, 0.15) is 0 Å². The molecule has 1 N–H and O–H groups in total. The number of hydrogen-bond donors (Lipinski definition) is 1. The Morgan fingerprint density at radius 2 is 1.84 bits per heavy atom. The summed E-state index contributed by atoms with van der Waals surface area (Å²) in [5, 5.41) is 9.76. The Bertz CT molecular complexity index is 308. The maximum absolute atomic E-state index is 11.8. The predicted molar refractivity (Wildman–Crippen MR) is 77.2 cm³/mol. The third-order valence-electron chi connectivity index (χ3n) is 5.30. The molecule has 1 aliphatic carbocycles. The Kier molecular flexibility index (Phi) is 4.88. The summed E-state index contributed by atoms with van der Waals surface area (Å²) in [5.74, 6) is 0.237. The van der Waals surface area contributed by atoms with Gasteiger partial charge in [0.15, 0.2) is 0 Å². The van der Waals surface area contributed by atoms with E-state index in [-0.39, 0.29) is 0 Å². The van der Waals surface area contributed by atoms with Gasteiger partial charge < -0.3 is 5.11 Å². The van der Waals surface area contributed by atoms with Crippen molar-refractivity contribution in [2.24, 2.45) is 11.3 Å². The van der Waals surface area contributed by atoms with E-state index in [0.29, 0.717) is 6.04 Å². The van der Waals surface area contributed by atoms with Crippen molar-refractivity contribution in [3.8, 4) is 0 Å². The maximum Gasteiger partial charge on any atom is 0.310 e. The molecule has 0 amide bonds. The molecule has 110 valence electrons. The first-order chi connectivity index (χ1) is 9.03. The Hall–Kier alpha value is -0.570. The molecular formula is C16H29NO2. The number of carboxylic acid groups (broad SMARTS) is 1. The molecule has 2 unspecified atom stereocenters. The molecule has 2 rings (SSSR count). The van der Waals surface area contributed by atoms with E-state index in [1.807, 2.05) is 0 Å². The third-order valence-corrected chi connectivity index (χ3v) is 5.30. The van der Waals surface area contributed by atoms with Gasteiger partial charge in [0, 0.05) is 12.6 Å². The van der Waals surface area contributed by atoms with Crippen molar-refractivity contribution in [1.82, 2.24) is 4.90 Å². The number of nitrogens with zero attached hydrogens (tertiary/aromatic N) is 1. The van der Waals surface area contributed by atoms with Crippen molar-refractivity contribution < 1.29 is 9.90 Å². The summed E-state index contributed by atoms with van der Waals surface area (Å²) >= 11 is 0. The zero-order valence-corrected chi connectivity index (χ0v) is 12.5. The molecule has 2 atom stereocenters. The molecule has 2 fully saturated rings. The number of likely N-dealkylation sites (tertiary alicyclic amines) is 1. The number of piperidine rings is 1. The van der Waals surface area contributed by atoms with Crippen LogP contribution in [-0.2, 0) is 4.79 Å². The zero-order valence-electron chi connectivity index (χ0n) is 12.5. The lowest BCUT2D eigenvalue weighted by Crippen LogP contribution is -2.49. The van der Waals surface area contributed by atoms with E-state index in [2.05, 4.69) is 18.7 Å². The molecule has 0 aromatic heterocycles. The van der Waals surface area contributed by atoms with Crippen molar-refractivity contribution >= 4 is 5.97 Å². The molecule has 0 bridgehead atoms. The fourth-order valence-corrected chi connectivity index (χ4v) is 3.92. The quantitative estimate of drug-likeness (QED) is 0.795. The molecule has 3 heteroatoms. The summed E-state index contributed by atoms with van der Waals surface area (Å²) in [4.78, 5) is 14.3. The average molecular weight is 267 g/mol. The fraction of sp³-hybridized carbons (Fsp3) is 0.938. The van der Waals surface area contributed by atoms with E-state index in [1.165, 1.54) is 25.7 Å². The van der Waals surface area contributed by atoms with Crippen LogP contribution >= 0.6 is 0 Å². The molecule has 0 radical (unpaired) electrons. The van der Waals surface area contributed by atoms with E-state index in [4.69, 9.17) is 0 Å². The van der Waals surface area contributed by atoms with Crippen molar-refractivity contribution in [2.45, 2.75) is 71.3 Å². The van der Waals surface area contributed by atoms with Gasteiger partial charge in [0.25, 0.3) is 0 Å². The molecular weight excluding hydrogens is 238 g/mol. The van der Waals surface area contributed by atoms with E-state index in [9.17, 15) is 9.90 Å². The first kappa shape index (κ1) is 14.8. The number of rotatable bonds is 3. The predicted octanol–water partition coefficient (Wildman–Crippen LogP) is 3.53. The van der Waals surface area contributed by atoms with Crippen LogP contribution in [0.4, 0.5) is 0 Å². The van der Waals surface area contributed by atoms with Gasteiger partial charge in [0.05, 0.1) is 5.41 Å². The van der Waals surface area contributed by atoms with Crippen LogP contribution in [0.2, 0.25) is 0 Å². The number of carboxylic acids is 1. The summed E-state index contributed by atoms with van der Waals surface area (Å²) in [6.45, 7) is 6.43. The Balaban J connectivity index is 2.05. The second-order valence-electron chi connectivity index (χ2n) is 6.95. The minimum absolute atomic E-state index is 0.467. The lowest BCUT2D eigenvalue weighted by Gasteiger charge is -2.41. The SMILES string of the molecule is CC1CCN(CC2(C(=O)O)CCCCCC2)C(C)C1. The molecule has 0 aromatic carbocycles. The lowest BCUT2D eigenvalue weighted by atomic mass is 9.78. The summed E-state index contributed by atoms with van der Waals surface area (Å²) < 4.78 is 0. The topological polar surface area (TPSA) is 40.5 Å². The minimum Gasteiger partial charge on any atom is -0.481 e. The first-order valence-corrected chi connectivity index (χ1v) is 8.01. The van der Waals surface area contributed by atoms with Gasteiger partial charge in [-0.3, -0.25) is 9.69 Å². The molecule has 0 spiro atoms. The second kappa shape index (κ2) is 6.25. The van der Waals surface area contributed by atoms with Crippen LogP contribution in [0, 0.1) is 11.3 Å². The van der Waals surface area contributed by atoms with Crippen LogP contribution in [0.25, 0.3) is 0 Å². The summed E-state index contributed by atoms with van der Waals surface area (Å²) in [6, 6.07) is 0.545. The molecule has 2 aliphatic rings. The summed E-state index contributed by atoms with van der Waals surface area (Å²) in [5.41, 5.74) is -0.467. The van der Waals surface area contributed by atoms with Gasteiger partial charge in [-0.25, -0.2) is 0 Å². The molecule has 1 heterocycles. The third kappa shape index (κ3) is 3.50. The lowest BCUT2D eigenvalue weighted by molar-refractivity contribution is -0.152. The second-order valence-corrected chi connectivity index (χ2v) is 6.95. The van der Waals surface area contributed by atoms with E-state index in [0.717, 1.165) is 44.7 Å². The van der Waals surface area contributed by atoms with Gasteiger partial charge in [-0.1, -0.05) is 32.6 Å². The van der Waals surface area contributed by atoms with E-state index < -0.39 is 11.4 Å². The van der Waals surface area contributed by atoms with Crippen LogP contribution in [-0.4, -0.2) is 35.1 Å². The van der Waals surface area contributed by atoms with Crippen molar-refractivity contribution in [1.29, 1.82) is 0 Å². The van der Waals surface area contributed by atoms with Gasteiger partial charge in [0.2, 0.25) is 0 Å². The number of aliphatic carboxylic acids is 1. The van der Waals surface area contributed by atoms with Gasteiger partial charge >= 0.3 is 5.97 Å². The van der Waals surface area contributed by atoms with E-state index in [1.54, 1.807) is 0 Å². The minimum atomic E-state index is -0.555. The normalized spacial score (nSPS) is 32.7. The first-order valence-electron chi connectivity index (χ1n) is 8.01. The summed E-state index contributed by atoms with van der Waals surface area (Å²) in [7, 11) is 0. The van der Waals surface area contributed by atoms with Crippen LogP contribution in [0.1, 0.15) is 65.2 Å². The number of carbonyl (C=O) groups is 1. The smallest absolute Gasteiger partial charge is 0.310 e. The zero-order chi connectivity index (χ0) is 13.9. The fourth-order valence-electron chi connectivity index (χ4n) is 3.92. The van der Waals surface area contributed by atoms with Gasteiger partial charge in [-0.05, 0) is 45.1 Å². The summed E-state index contributed by atoms with van der Waals surface area (Å²) in [6.07, 6.45) is 8.79. The molecule has 0 aromatic rings. The van der Waals surface area contributed by atoms with Gasteiger partial charge in [-0.15, -0.1) is 0 Å². The molecule has 1 saturated heterocycles. The largest absolute Gasteiger partial charge is 0.481 e. The molecule has 1 saturated carbocycles. The van der Waals surface area contributed by atoms with Crippen LogP contribution in [0.15, 0.2) is 0 Å². The van der Waals surface area contributed by atoms with E-state index >= 15 is 0 Å². The highest BCUT2D eigenvalue weighted by atomic mass is 16.4. The van der Waals surface area contributed by atoms with Crippen molar-refractivity contribution in [3.05, 3.63) is 0 Å². The molecule has 1 aliphatic heterocycles. The monoisotopic (exact) mass is 267 g/mol. The Labute approximate surface area is 117 Å². The van der Waals surface area contributed by atoms with Crippen LogP contribution in [0.5, 0.6) is 0 Å². The highest BCUT2D eigenvalue weighted by Crippen LogP contribution is 2.38. The van der Waals surface area contributed by atoms with Crippen molar-refractivity contribution in [2.75, 3.05) is 13.1 Å². The van der Waals surface area contributed by atoms with Gasteiger partial charge in [-0.2, -0.15) is 0 Å². The standard InChI is InChI=1S/C16H29NO2/c1-13-7-10-17(14(2)11-13)12-16(15(18)19)8-5-3-4-6-9-16/h13-14H,3-12H2,1-2H3,(H,18,19). The highest BCUT2D eigenvalue weighted by Gasteiger charge is 2.41. The Morgan fingerprint density at radius 1 is 1.21 bits per heavy atom. The van der Waals surface area contributed by atoms with Crippen molar-refractivity contribution in [3.63, 3.8) is 0 Å². The van der Waals surface area contributed by atoms with Crippen LogP contribution in [0.3, 0.4) is 0 Å². The highest BCUT2D eigenvalue weighted by molar-refractivity contribution is 5.75. The molecule has 3 nitrogen and oxygen atoms in total. The van der Waals surface area contributed by atoms with Crippen LogP contribution < -0.4 is 0 Å². The average Bonchev–Trinajstić information content (AvgIpc) is 2.59. The maximum atomic E-state index is 11.8. The Morgan fingerprint density at radius 3 is 2.37 bits per heavy atom.